The van der Waals surface area contributed by atoms with Crippen molar-refractivity contribution in [1.82, 2.24) is 9.13 Å². The first-order valence-electron chi connectivity index (χ1n) is 18.1. The van der Waals surface area contributed by atoms with Crippen LogP contribution in [0.4, 0.5) is 0 Å². The third-order valence-corrected chi connectivity index (χ3v) is 12.3. The van der Waals surface area contributed by atoms with Gasteiger partial charge in [-0.25, -0.2) is 0 Å². The van der Waals surface area contributed by atoms with E-state index in [1.54, 1.807) is 0 Å². The number of rotatable bonds is 4. The molecular weight excluding hydrogens is 665 g/mol. The third-order valence-electron chi connectivity index (χ3n) is 11.1. The Labute approximate surface area is 308 Å². The number of hydrogen-bond acceptors (Lipinski definition) is 2. The predicted molar refractivity (Wildman–Crippen MR) is 225 cm³/mol. The first kappa shape index (κ1) is 29.0. The molecule has 0 aliphatic rings. The topological polar surface area (TPSA) is 23.0 Å². The highest BCUT2D eigenvalue weighted by molar-refractivity contribution is 7.25. The molecule has 4 heteroatoms. The van der Waals surface area contributed by atoms with Crippen LogP contribution in [-0.4, -0.2) is 9.13 Å². The summed E-state index contributed by atoms with van der Waals surface area (Å²) < 4.78 is 13.7. The molecule has 0 atom stereocenters. The van der Waals surface area contributed by atoms with Crippen LogP contribution in [0, 0.1) is 0 Å². The van der Waals surface area contributed by atoms with Crippen molar-refractivity contribution in [3.05, 3.63) is 181 Å². The summed E-state index contributed by atoms with van der Waals surface area (Å²) in [5.74, 6) is 0. The Hall–Kier alpha value is -6.62. The van der Waals surface area contributed by atoms with E-state index in [1.165, 1.54) is 80.6 Å². The summed E-state index contributed by atoms with van der Waals surface area (Å²) in [7, 11) is 0. The fourth-order valence-corrected chi connectivity index (χ4v) is 9.84. The van der Waals surface area contributed by atoms with Gasteiger partial charge in [-0.3, -0.25) is 0 Å². The molecule has 0 saturated carbocycles. The second-order valence-corrected chi connectivity index (χ2v) is 15.2. The molecule has 248 valence electrons. The van der Waals surface area contributed by atoms with Crippen molar-refractivity contribution in [3.63, 3.8) is 0 Å². The van der Waals surface area contributed by atoms with Crippen molar-refractivity contribution in [1.29, 1.82) is 0 Å². The Morgan fingerprint density at radius 3 is 1.57 bits per heavy atom. The Kier molecular flexibility index (Phi) is 5.99. The second kappa shape index (κ2) is 10.9. The highest BCUT2D eigenvalue weighted by Gasteiger charge is 2.17. The first-order valence-corrected chi connectivity index (χ1v) is 18.9. The number of aromatic nitrogens is 2. The molecule has 53 heavy (non-hydrogen) atoms. The summed E-state index contributed by atoms with van der Waals surface area (Å²) in [4.78, 5) is 0. The van der Waals surface area contributed by atoms with Crippen molar-refractivity contribution >= 4 is 97.1 Å². The van der Waals surface area contributed by atoms with Crippen LogP contribution < -0.4 is 0 Å². The van der Waals surface area contributed by atoms with Crippen LogP contribution in [-0.2, 0) is 6.42 Å². The lowest BCUT2D eigenvalue weighted by molar-refractivity contribution is 0.669. The van der Waals surface area contributed by atoms with Gasteiger partial charge < -0.3 is 13.6 Å². The van der Waals surface area contributed by atoms with Gasteiger partial charge in [-0.15, -0.1) is 11.3 Å². The lowest BCUT2D eigenvalue weighted by Gasteiger charge is -2.11. The normalized spacial score (nSPS) is 12.2. The highest BCUT2D eigenvalue weighted by atomic mass is 32.1. The molecule has 0 bridgehead atoms. The monoisotopic (exact) mass is 694 g/mol. The summed E-state index contributed by atoms with van der Waals surface area (Å²) in [6.45, 7) is 0. The van der Waals surface area contributed by atoms with E-state index in [0.717, 1.165) is 34.0 Å². The predicted octanol–water partition coefficient (Wildman–Crippen LogP) is 13.7. The third kappa shape index (κ3) is 4.27. The maximum absolute atomic E-state index is 6.19. The lowest BCUT2D eigenvalue weighted by atomic mass is 10.0. The van der Waals surface area contributed by atoms with Gasteiger partial charge in [0.25, 0.3) is 0 Å². The lowest BCUT2D eigenvalue weighted by Crippen LogP contribution is -1.96. The molecule has 0 aliphatic heterocycles. The number of thiophene rings is 1. The highest BCUT2D eigenvalue weighted by Crippen LogP contribution is 2.39. The van der Waals surface area contributed by atoms with E-state index in [1.807, 2.05) is 23.5 Å². The molecule has 0 radical (unpaired) electrons. The van der Waals surface area contributed by atoms with Gasteiger partial charge in [0.05, 0.1) is 22.1 Å². The zero-order valence-electron chi connectivity index (χ0n) is 28.6. The van der Waals surface area contributed by atoms with Crippen LogP contribution in [0.5, 0.6) is 0 Å². The standard InChI is InChI=1S/C49H30N2OS/c1-5-13-42-34(9-1)36-21-17-30(26-44(36)50(42)32-19-23-47-40(28-32)38-11-3-7-15-46(38)52-47)25-31-18-22-37-35-10-2-6-14-43(35)51(45(37)27-31)33-20-24-49-41(29-33)39-12-4-8-16-48(39)53-49/h1-24,26-29H,25H2. The van der Waals surface area contributed by atoms with Crippen molar-refractivity contribution < 1.29 is 4.42 Å². The summed E-state index contributed by atoms with van der Waals surface area (Å²) in [6.07, 6.45) is 0.828. The first-order chi connectivity index (χ1) is 26.2. The Balaban J connectivity index is 1.01. The van der Waals surface area contributed by atoms with Gasteiger partial charge in [0, 0.05) is 63.9 Å². The molecule has 4 aromatic heterocycles. The molecule has 0 fully saturated rings. The maximum atomic E-state index is 6.19. The Morgan fingerprint density at radius 1 is 0.358 bits per heavy atom. The van der Waals surface area contributed by atoms with E-state index in [2.05, 4.69) is 167 Å². The van der Waals surface area contributed by atoms with E-state index in [-0.39, 0.29) is 0 Å². The van der Waals surface area contributed by atoms with Gasteiger partial charge in [0.2, 0.25) is 0 Å². The second-order valence-electron chi connectivity index (χ2n) is 14.1. The Bertz CT molecular complexity index is 3220. The number of para-hydroxylation sites is 3. The average molecular weight is 695 g/mol. The molecule has 0 N–H and O–H groups in total. The number of furan rings is 1. The fourth-order valence-electron chi connectivity index (χ4n) is 8.75. The molecule has 0 unspecified atom stereocenters. The van der Waals surface area contributed by atoms with E-state index >= 15 is 0 Å². The minimum Gasteiger partial charge on any atom is -0.456 e. The number of hydrogen-bond donors (Lipinski definition) is 0. The van der Waals surface area contributed by atoms with Gasteiger partial charge in [0.1, 0.15) is 11.2 Å². The largest absolute Gasteiger partial charge is 0.456 e. The van der Waals surface area contributed by atoms with Crippen LogP contribution in [0.3, 0.4) is 0 Å². The summed E-state index contributed by atoms with van der Waals surface area (Å²) in [6, 6.07) is 62.2. The fraction of sp³-hybridized carbons (Fsp3) is 0.0204. The van der Waals surface area contributed by atoms with Gasteiger partial charge in [-0.05, 0) is 90.3 Å². The smallest absolute Gasteiger partial charge is 0.135 e. The number of nitrogens with zero attached hydrogens (tertiary/aromatic N) is 2. The van der Waals surface area contributed by atoms with Gasteiger partial charge in [-0.2, -0.15) is 0 Å². The van der Waals surface area contributed by atoms with E-state index < -0.39 is 0 Å². The zero-order valence-corrected chi connectivity index (χ0v) is 29.4. The molecule has 8 aromatic carbocycles. The summed E-state index contributed by atoms with van der Waals surface area (Å²) >= 11 is 1.87. The van der Waals surface area contributed by atoms with Crippen LogP contribution >= 0.6 is 11.3 Å². The SMILES string of the molecule is c1ccc2c(c1)oc1ccc(-n3c4ccccc4c4ccc(Cc5ccc6c7ccccc7n(-c7ccc8sc9ccccc9c8c7)c6c5)cc43)cc12. The molecule has 0 spiro atoms. The van der Waals surface area contributed by atoms with Gasteiger partial charge in [-0.1, -0.05) is 97.1 Å². The van der Waals surface area contributed by atoms with Gasteiger partial charge in [0.15, 0.2) is 0 Å². The molecule has 12 aromatic rings. The van der Waals surface area contributed by atoms with E-state index in [9.17, 15) is 0 Å². The minimum absolute atomic E-state index is 0.828. The van der Waals surface area contributed by atoms with Crippen LogP contribution in [0.1, 0.15) is 11.1 Å². The van der Waals surface area contributed by atoms with E-state index in [0.29, 0.717) is 0 Å². The van der Waals surface area contributed by atoms with Crippen molar-refractivity contribution in [2.75, 3.05) is 0 Å². The van der Waals surface area contributed by atoms with Crippen LogP contribution in [0.25, 0.3) is 97.1 Å². The number of benzene rings is 8. The molecule has 0 aliphatic carbocycles. The van der Waals surface area contributed by atoms with Gasteiger partial charge >= 0.3 is 0 Å². The molecule has 3 nitrogen and oxygen atoms in total. The molecular formula is C49H30N2OS. The quantitative estimate of drug-likeness (QED) is 0.180. The minimum atomic E-state index is 0.828. The van der Waals surface area contributed by atoms with Crippen molar-refractivity contribution in [3.8, 4) is 11.4 Å². The summed E-state index contributed by atoms with van der Waals surface area (Å²) in [5.41, 5.74) is 11.6. The molecule has 0 amide bonds. The van der Waals surface area contributed by atoms with Crippen molar-refractivity contribution in [2.24, 2.45) is 0 Å². The maximum Gasteiger partial charge on any atom is 0.135 e. The van der Waals surface area contributed by atoms with Crippen LogP contribution in [0.2, 0.25) is 0 Å². The molecule has 12 rings (SSSR count). The number of fused-ring (bicyclic) bond motifs is 12. The zero-order chi connectivity index (χ0) is 34.6. The van der Waals surface area contributed by atoms with Crippen LogP contribution in [0.15, 0.2) is 174 Å². The Morgan fingerprint density at radius 2 is 0.868 bits per heavy atom. The summed E-state index contributed by atoms with van der Waals surface area (Å²) in [5, 5.41) is 9.98. The molecule has 0 saturated heterocycles. The van der Waals surface area contributed by atoms with Crippen molar-refractivity contribution in [2.45, 2.75) is 6.42 Å². The van der Waals surface area contributed by atoms with E-state index in [4.69, 9.17) is 4.42 Å². The average Bonchev–Trinajstić information content (AvgIpc) is 3.94. The molecule has 4 heterocycles.